The number of ether oxygens (including phenoxy) is 2. The van der Waals surface area contributed by atoms with E-state index in [1.165, 1.54) is 6.20 Å². The summed E-state index contributed by atoms with van der Waals surface area (Å²) in [5.74, 6) is -0.587. The van der Waals surface area contributed by atoms with Crippen molar-refractivity contribution in [3.63, 3.8) is 0 Å². The number of anilines is 2. The van der Waals surface area contributed by atoms with Crippen LogP contribution in [0, 0.1) is 0 Å². The van der Waals surface area contributed by atoms with E-state index in [2.05, 4.69) is 5.32 Å². The van der Waals surface area contributed by atoms with Crippen molar-refractivity contribution in [2.24, 2.45) is 0 Å². The number of hydrogen-bond acceptors (Lipinski definition) is 5. The van der Waals surface area contributed by atoms with Crippen LogP contribution in [0.2, 0.25) is 0 Å². The third-order valence-corrected chi connectivity index (χ3v) is 3.11. The smallest absolute Gasteiger partial charge is 0.354 e. The van der Waals surface area contributed by atoms with E-state index in [9.17, 15) is 14.7 Å². The first kappa shape index (κ1) is 16.6. The molecule has 0 fully saturated rings. The summed E-state index contributed by atoms with van der Waals surface area (Å²) in [4.78, 5) is 23.7. The van der Waals surface area contributed by atoms with Crippen LogP contribution in [0.4, 0.5) is 11.4 Å². The van der Waals surface area contributed by atoms with Gasteiger partial charge >= 0.3 is 5.97 Å². The van der Waals surface area contributed by atoms with E-state index in [1.54, 1.807) is 50.4 Å². The second-order valence-corrected chi connectivity index (χ2v) is 4.64. The number of hydrogen-bond donors (Lipinski definition) is 2. The molecule has 1 unspecified atom stereocenters. The molecule has 1 heterocycles. The standard InChI is InChI=1S/C16H18N2O5/c1-3-23-15(16(20)21)18-9-5-8-13(14(18)19)17-11-6-4-7-12(10-11)22-2/h4-10,15,17H,3H2,1-2H3,(H,20,21). The lowest BCUT2D eigenvalue weighted by atomic mass is 10.3. The first-order valence-electron chi connectivity index (χ1n) is 7.03. The van der Waals surface area contributed by atoms with E-state index >= 15 is 0 Å². The maximum Gasteiger partial charge on any atom is 0.354 e. The van der Waals surface area contributed by atoms with Gasteiger partial charge in [-0.05, 0) is 31.2 Å². The van der Waals surface area contributed by atoms with Crippen LogP contribution >= 0.6 is 0 Å². The lowest BCUT2D eigenvalue weighted by Crippen LogP contribution is -2.32. The molecule has 7 nitrogen and oxygen atoms in total. The average Bonchev–Trinajstić information content (AvgIpc) is 2.55. The number of carboxylic acids is 1. The number of benzene rings is 1. The minimum absolute atomic E-state index is 0.178. The second kappa shape index (κ2) is 7.46. The van der Waals surface area contributed by atoms with Gasteiger partial charge in [0, 0.05) is 24.6 Å². The molecular formula is C16H18N2O5. The predicted molar refractivity (Wildman–Crippen MR) is 85.3 cm³/mol. The van der Waals surface area contributed by atoms with Crippen LogP contribution in [0.3, 0.4) is 0 Å². The number of nitrogens with one attached hydrogen (secondary N) is 1. The molecule has 0 aliphatic rings. The normalized spacial score (nSPS) is 11.7. The van der Waals surface area contributed by atoms with Gasteiger partial charge in [-0.2, -0.15) is 0 Å². The Labute approximate surface area is 133 Å². The zero-order valence-electron chi connectivity index (χ0n) is 12.9. The molecule has 0 aliphatic heterocycles. The lowest BCUT2D eigenvalue weighted by molar-refractivity contribution is -0.157. The minimum atomic E-state index is -1.36. The van der Waals surface area contributed by atoms with Crippen molar-refractivity contribution in [3.8, 4) is 5.75 Å². The molecule has 0 saturated carbocycles. The molecule has 2 rings (SSSR count). The van der Waals surface area contributed by atoms with Crippen LogP contribution in [-0.4, -0.2) is 29.4 Å². The molecule has 1 atom stereocenters. The van der Waals surface area contributed by atoms with Crippen molar-refractivity contribution in [1.29, 1.82) is 0 Å². The van der Waals surface area contributed by atoms with Gasteiger partial charge in [0.1, 0.15) is 11.4 Å². The SMILES string of the molecule is CCOC(C(=O)O)n1cccc(Nc2cccc(OC)c2)c1=O. The fraction of sp³-hybridized carbons (Fsp3) is 0.250. The molecule has 0 radical (unpaired) electrons. The summed E-state index contributed by atoms with van der Waals surface area (Å²) in [6, 6.07) is 10.2. The van der Waals surface area contributed by atoms with Crippen molar-refractivity contribution in [2.75, 3.05) is 19.0 Å². The molecule has 122 valence electrons. The zero-order chi connectivity index (χ0) is 16.8. The number of methoxy groups -OCH3 is 1. The Bertz CT molecular complexity index is 741. The third kappa shape index (κ3) is 3.89. The Morgan fingerprint density at radius 2 is 2.13 bits per heavy atom. The van der Waals surface area contributed by atoms with Crippen molar-refractivity contribution < 1.29 is 19.4 Å². The Hall–Kier alpha value is -2.80. The van der Waals surface area contributed by atoms with Gasteiger partial charge in [-0.25, -0.2) is 4.79 Å². The van der Waals surface area contributed by atoms with Gasteiger partial charge in [-0.3, -0.25) is 9.36 Å². The maximum atomic E-state index is 12.5. The Morgan fingerprint density at radius 3 is 2.78 bits per heavy atom. The van der Waals surface area contributed by atoms with Gasteiger partial charge in [-0.1, -0.05) is 6.07 Å². The van der Waals surface area contributed by atoms with Crippen molar-refractivity contribution in [3.05, 3.63) is 52.9 Å². The number of rotatable bonds is 7. The Morgan fingerprint density at radius 1 is 1.35 bits per heavy atom. The lowest BCUT2D eigenvalue weighted by Gasteiger charge is -2.16. The fourth-order valence-corrected chi connectivity index (χ4v) is 2.07. The summed E-state index contributed by atoms with van der Waals surface area (Å²) in [5, 5.41) is 12.2. The minimum Gasteiger partial charge on any atom is -0.497 e. The molecule has 0 saturated heterocycles. The van der Waals surface area contributed by atoms with Crippen LogP contribution in [0.1, 0.15) is 13.2 Å². The number of nitrogens with zero attached hydrogens (tertiary/aromatic N) is 1. The number of aromatic nitrogens is 1. The molecule has 1 aromatic heterocycles. The molecule has 7 heteroatoms. The molecule has 0 amide bonds. The monoisotopic (exact) mass is 318 g/mol. The van der Waals surface area contributed by atoms with Gasteiger partial charge in [0.05, 0.1) is 7.11 Å². The first-order chi connectivity index (χ1) is 11.1. The van der Waals surface area contributed by atoms with Crippen LogP contribution < -0.4 is 15.6 Å². The third-order valence-electron chi connectivity index (χ3n) is 3.11. The second-order valence-electron chi connectivity index (χ2n) is 4.64. The van der Waals surface area contributed by atoms with E-state index in [-0.39, 0.29) is 12.3 Å². The summed E-state index contributed by atoms with van der Waals surface area (Å²) in [7, 11) is 1.55. The van der Waals surface area contributed by atoms with Crippen LogP contribution in [-0.2, 0) is 9.53 Å². The van der Waals surface area contributed by atoms with Gasteiger partial charge in [0.15, 0.2) is 0 Å². The highest BCUT2D eigenvalue weighted by Gasteiger charge is 2.21. The molecule has 0 spiro atoms. The van der Waals surface area contributed by atoms with Gasteiger partial charge < -0.3 is 19.9 Å². The van der Waals surface area contributed by atoms with Gasteiger partial charge in [0.2, 0.25) is 6.23 Å². The highest BCUT2D eigenvalue weighted by molar-refractivity contribution is 5.70. The van der Waals surface area contributed by atoms with E-state index in [0.29, 0.717) is 11.4 Å². The summed E-state index contributed by atoms with van der Waals surface area (Å²) in [5.41, 5.74) is 0.408. The van der Waals surface area contributed by atoms with Crippen molar-refractivity contribution >= 4 is 17.3 Å². The van der Waals surface area contributed by atoms with Crippen LogP contribution in [0.5, 0.6) is 5.75 Å². The number of aliphatic carboxylic acids is 1. The molecule has 2 N–H and O–H groups in total. The molecule has 23 heavy (non-hydrogen) atoms. The van der Waals surface area contributed by atoms with Crippen molar-refractivity contribution in [1.82, 2.24) is 4.57 Å². The van der Waals surface area contributed by atoms with Crippen LogP contribution in [0.25, 0.3) is 0 Å². The number of carboxylic acid groups (broad SMARTS) is 1. The highest BCUT2D eigenvalue weighted by Crippen LogP contribution is 2.20. The summed E-state index contributed by atoms with van der Waals surface area (Å²) < 4.78 is 11.3. The Kier molecular flexibility index (Phi) is 5.37. The van der Waals surface area contributed by atoms with Crippen molar-refractivity contribution in [2.45, 2.75) is 13.2 Å². The van der Waals surface area contributed by atoms with Gasteiger partial charge in [-0.15, -0.1) is 0 Å². The van der Waals surface area contributed by atoms with Gasteiger partial charge in [0.25, 0.3) is 5.56 Å². The molecular weight excluding hydrogens is 300 g/mol. The first-order valence-corrected chi connectivity index (χ1v) is 7.03. The summed E-state index contributed by atoms with van der Waals surface area (Å²) in [6.07, 6.45) is 0.0210. The van der Waals surface area contributed by atoms with E-state index < -0.39 is 17.8 Å². The Balaban J connectivity index is 2.35. The number of carbonyl (C=O) groups is 1. The summed E-state index contributed by atoms with van der Waals surface area (Å²) in [6.45, 7) is 1.84. The summed E-state index contributed by atoms with van der Waals surface area (Å²) >= 11 is 0. The predicted octanol–water partition coefficient (Wildman–Crippen LogP) is 2.22. The topological polar surface area (TPSA) is 89.8 Å². The van der Waals surface area contributed by atoms with E-state index in [0.717, 1.165) is 4.57 Å². The fourth-order valence-electron chi connectivity index (χ4n) is 2.07. The van der Waals surface area contributed by atoms with E-state index in [4.69, 9.17) is 9.47 Å². The largest absolute Gasteiger partial charge is 0.497 e. The maximum absolute atomic E-state index is 12.5. The molecule has 1 aromatic carbocycles. The molecule has 2 aromatic rings. The molecule has 0 aliphatic carbocycles. The van der Waals surface area contributed by atoms with Crippen LogP contribution in [0.15, 0.2) is 47.4 Å². The zero-order valence-corrected chi connectivity index (χ0v) is 12.9. The highest BCUT2D eigenvalue weighted by atomic mass is 16.5. The molecule has 0 bridgehead atoms. The van der Waals surface area contributed by atoms with E-state index in [1.807, 2.05) is 0 Å². The number of pyridine rings is 1. The average molecular weight is 318 g/mol. The quantitative estimate of drug-likeness (QED) is 0.813.